The SMILES string of the molecule is Cc1c[nH]c(=O)n1-c1ccc(C(=O)Nc2ccccc2Cc2ccccc2)cc1. The second-order valence-corrected chi connectivity index (χ2v) is 6.89. The van der Waals surface area contributed by atoms with E-state index in [2.05, 4.69) is 22.4 Å². The number of amides is 1. The van der Waals surface area contributed by atoms with E-state index in [0.717, 1.165) is 29.1 Å². The fourth-order valence-electron chi connectivity index (χ4n) is 3.34. The fraction of sp³-hybridized carbons (Fsp3) is 0.0833. The summed E-state index contributed by atoms with van der Waals surface area (Å²) < 4.78 is 1.57. The van der Waals surface area contributed by atoms with Crippen molar-refractivity contribution in [2.45, 2.75) is 13.3 Å². The van der Waals surface area contributed by atoms with Crippen LogP contribution in [-0.4, -0.2) is 15.5 Å². The number of anilines is 1. The predicted molar refractivity (Wildman–Crippen MR) is 115 cm³/mol. The molecule has 5 nitrogen and oxygen atoms in total. The van der Waals surface area contributed by atoms with E-state index in [0.29, 0.717) is 5.56 Å². The molecular formula is C24H21N3O2. The standard InChI is InChI=1S/C24H21N3O2/c1-17-16-25-24(29)27(17)21-13-11-19(12-14-21)23(28)26-22-10-6-5-9-20(22)15-18-7-3-2-4-8-18/h2-14,16H,15H2,1H3,(H,25,29)(H,26,28). The van der Waals surface area contributed by atoms with Crippen LogP contribution in [0, 0.1) is 6.92 Å². The molecular weight excluding hydrogens is 362 g/mol. The zero-order valence-corrected chi connectivity index (χ0v) is 16.1. The molecule has 0 bridgehead atoms. The number of carbonyl (C=O) groups is 1. The van der Waals surface area contributed by atoms with E-state index >= 15 is 0 Å². The summed E-state index contributed by atoms with van der Waals surface area (Å²) in [6.45, 7) is 1.85. The van der Waals surface area contributed by atoms with Crippen LogP contribution >= 0.6 is 0 Å². The molecule has 0 aliphatic heterocycles. The van der Waals surface area contributed by atoms with Gasteiger partial charge in [-0.25, -0.2) is 4.79 Å². The van der Waals surface area contributed by atoms with Crippen molar-refractivity contribution in [1.82, 2.24) is 9.55 Å². The normalized spacial score (nSPS) is 10.7. The van der Waals surface area contributed by atoms with E-state index < -0.39 is 0 Å². The number of hydrogen-bond donors (Lipinski definition) is 2. The van der Waals surface area contributed by atoms with E-state index in [4.69, 9.17) is 0 Å². The fourth-order valence-corrected chi connectivity index (χ4v) is 3.34. The number of aromatic amines is 1. The van der Waals surface area contributed by atoms with Crippen molar-refractivity contribution in [2.24, 2.45) is 0 Å². The first kappa shape index (κ1) is 18.5. The van der Waals surface area contributed by atoms with Gasteiger partial charge in [-0.3, -0.25) is 9.36 Å². The zero-order valence-electron chi connectivity index (χ0n) is 16.1. The molecule has 0 spiro atoms. The molecule has 0 atom stereocenters. The quantitative estimate of drug-likeness (QED) is 0.539. The van der Waals surface area contributed by atoms with Crippen LogP contribution in [0.3, 0.4) is 0 Å². The number of benzene rings is 3. The van der Waals surface area contributed by atoms with Crippen molar-refractivity contribution in [1.29, 1.82) is 0 Å². The van der Waals surface area contributed by atoms with Crippen molar-refractivity contribution in [3.8, 4) is 5.69 Å². The molecule has 0 radical (unpaired) electrons. The third-order valence-corrected chi connectivity index (χ3v) is 4.85. The van der Waals surface area contributed by atoms with E-state index in [1.54, 1.807) is 35.0 Å². The maximum absolute atomic E-state index is 12.8. The molecule has 144 valence electrons. The van der Waals surface area contributed by atoms with Crippen LogP contribution in [-0.2, 0) is 6.42 Å². The minimum atomic E-state index is -0.199. The molecule has 0 fully saturated rings. The Labute approximate surface area is 168 Å². The third kappa shape index (κ3) is 4.04. The summed E-state index contributed by atoms with van der Waals surface area (Å²) >= 11 is 0. The van der Waals surface area contributed by atoms with Crippen LogP contribution in [0.2, 0.25) is 0 Å². The summed E-state index contributed by atoms with van der Waals surface area (Å²) in [6, 6.07) is 25.0. The van der Waals surface area contributed by atoms with E-state index in [1.807, 2.05) is 49.4 Å². The average Bonchev–Trinajstić information content (AvgIpc) is 3.08. The molecule has 1 amide bonds. The molecule has 0 aliphatic rings. The number of carbonyl (C=O) groups excluding carboxylic acids is 1. The highest BCUT2D eigenvalue weighted by Crippen LogP contribution is 2.20. The van der Waals surface area contributed by atoms with Crippen molar-refractivity contribution < 1.29 is 4.79 Å². The van der Waals surface area contributed by atoms with Gasteiger partial charge in [-0.2, -0.15) is 0 Å². The predicted octanol–water partition coefficient (Wildman–Crippen LogP) is 4.32. The number of para-hydroxylation sites is 1. The van der Waals surface area contributed by atoms with Gasteiger partial charge in [0.25, 0.3) is 5.91 Å². The molecule has 29 heavy (non-hydrogen) atoms. The number of rotatable bonds is 5. The highest BCUT2D eigenvalue weighted by Gasteiger charge is 2.11. The minimum Gasteiger partial charge on any atom is -0.322 e. The van der Waals surface area contributed by atoms with Gasteiger partial charge >= 0.3 is 5.69 Å². The summed E-state index contributed by atoms with van der Waals surface area (Å²) in [5.74, 6) is -0.185. The number of aryl methyl sites for hydroxylation is 1. The number of hydrogen-bond acceptors (Lipinski definition) is 2. The Balaban J connectivity index is 1.54. The number of aromatic nitrogens is 2. The molecule has 0 aliphatic carbocycles. The lowest BCUT2D eigenvalue weighted by molar-refractivity contribution is 0.102. The molecule has 2 N–H and O–H groups in total. The Hall–Kier alpha value is -3.86. The zero-order chi connectivity index (χ0) is 20.2. The molecule has 0 unspecified atom stereocenters. The maximum atomic E-state index is 12.8. The summed E-state index contributed by atoms with van der Waals surface area (Å²) in [7, 11) is 0. The van der Waals surface area contributed by atoms with Crippen LogP contribution in [0.4, 0.5) is 5.69 Å². The summed E-state index contributed by atoms with van der Waals surface area (Å²) in [5.41, 5.74) is 4.89. The first-order valence-electron chi connectivity index (χ1n) is 9.42. The van der Waals surface area contributed by atoms with Gasteiger partial charge in [0.2, 0.25) is 0 Å². The number of imidazole rings is 1. The second-order valence-electron chi connectivity index (χ2n) is 6.89. The smallest absolute Gasteiger partial charge is 0.322 e. The Morgan fingerprint density at radius 1 is 0.931 bits per heavy atom. The van der Waals surface area contributed by atoms with Crippen LogP contribution in [0.5, 0.6) is 0 Å². The first-order chi connectivity index (χ1) is 14.1. The van der Waals surface area contributed by atoms with Gasteiger partial charge in [0.05, 0.1) is 5.69 Å². The minimum absolute atomic E-state index is 0.185. The van der Waals surface area contributed by atoms with Crippen molar-refractivity contribution in [3.05, 3.63) is 118 Å². The van der Waals surface area contributed by atoms with Crippen molar-refractivity contribution in [3.63, 3.8) is 0 Å². The van der Waals surface area contributed by atoms with Crippen molar-refractivity contribution >= 4 is 11.6 Å². The van der Waals surface area contributed by atoms with Gasteiger partial charge in [-0.1, -0.05) is 48.5 Å². The molecule has 4 aromatic rings. The van der Waals surface area contributed by atoms with Crippen LogP contribution < -0.4 is 11.0 Å². The third-order valence-electron chi connectivity index (χ3n) is 4.85. The lowest BCUT2D eigenvalue weighted by Gasteiger charge is -2.12. The van der Waals surface area contributed by atoms with Crippen LogP contribution in [0.1, 0.15) is 27.2 Å². The largest absolute Gasteiger partial charge is 0.330 e. The Morgan fingerprint density at radius 3 is 2.31 bits per heavy atom. The number of H-pyrrole nitrogens is 1. The summed E-state index contributed by atoms with van der Waals surface area (Å²) in [4.78, 5) is 27.3. The monoisotopic (exact) mass is 383 g/mol. The first-order valence-corrected chi connectivity index (χ1v) is 9.42. The Morgan fingerprint density at radius 2 is 1.62 bits per heavy atom. The van der Waals surface area contributed by atoms with E-state index in [9.17, 15) is 9.59 Å². The van der Waals surface area contributed by atoms with Gasteiger partial charge in [-0.15, -0.1) is 0 Å². The van der Waals surface area contributed by atoms with Crippen molar-refractivity contribution in [2.75, 3.05) is 5.32 Å². The maximum Gasteiger partial charge on any atom is 0.330 e. The molecule has 0 saturated heterocycles. The van der Waals surface area contributed by atoms with Crippen LogP contribution in [0.15, 0.2) is 89.9 Å². The lowest BCUT2D eigenvalue weighted by atomic mass is 10.0. The average molecular weight is 383 g/mol. The lowest BCUT2D eigenvalue weighted by Crippen LogP contribution is -2.17. The number of nitrogens with one attached hydrogen (secondary N) is 2. The summed E-state index contributed by atoms with van der Waals surface area (Å²) in [5, 5.41) is 3.01. The Bertz CT molecular complexity index is 1190. The second kappa shape index (κ2) is 8.02. The van der Waals surface area contributed by atoms with Gasteiger partial charge in [0.1, 0.15) is 0 Å². The van der Waals surface area contributed by atoms with Gasteiger partial charge in [0, 0.05) is 23.1 Å². The highest BCUT2D eigenvalue weighted by atomic mass is 16.2. The highest BCUT2D eigenvalue weighted by molar-refractivity contribution is 6.04. The molecule has 4 rings (SSSR count). The molecule has 3 aromatic carbocycles. The van der Waals surface area contributed by atoms with Gasteiger partial charge in [-0.05, 0) is 54.8 Å². The molecule has 5 heteroatoms. The van der Waals surface area contributed by atoms with E-state index in [-0.39, 0.29) is 11.6 Å². The van der Waals surface area contributed by atoms with Crippen LogP contribution in [0.25, 0.3) is 5.69 Å². The van der Waals surface area contributed by atoms with E-state index in [1.165, 1.54) is 5.56 Å². The van der Waals surface area contributed by atoms with Gasteiger partial charge < -0.3 is 10.3 Å². The molecule has 1 aromatic heterocycles. The number of nitrogens with zero attached hydrogens (tertiary/aromatic N) is 1. The topological polar surface area (TPSA) is 66.9 Å². The van der Waals surface area contributed by atoms with Gasteiger partial charge in [0.15, 0.2) is 0 Å². The Kier molecular flexibility index (Phi) is 5.12. The molecule has 1 heterocycles. The summed E-state index contributed by atoms with van der Waals surface area (Å²) in [6.07, 6.45) is 2.40. The molecule has 0 saturated carbocycles.